The van der Waals surface area contributed by atoms with Gasteiger partial charge in [-0.15, -0.1) is 0 Å². The highest BCUT2D eigenvalue weighted by Crippen LogP contribution is 2.25. The van der Waals surface area contributed by atoms with Gasteiger partial charge in [0.2, 0.25) is 0 Å². The van der Waals surface area contributed by atoms with Crippen molar-refractivity contribution in [2.45, 2.75) is 13.0 Å². The van der Waals surface area contributed by atoms with Crippen LogP contribution in [0, 0.1) is 11.8 Å². The Hall–Kier alpha value is -1.72. The number of hydrogen-bond acceptors (Lipinski definition) is 4. The second-order valence-electron chi connectivity index (χ2n) is 6.88. The van der Waals surface area contributed by atoms with Crippen LogP contribution < -0.4 is 15.5 Å². The summed E-state index contributed by atoms with van der Waals surface area (Å²) in [7, 11) is 0. The van der Waals surface area contributed by atoms with Gasteiger partial charge in [0.15, 0.2) is 0 Å². The largest absolute Gasteiger partial charge is 0.371 e. The van der Waals surface area contributed by atoms with Crippen LogP contribution >= 0.6 is 11.6 Å². The molecule has 0 aliphatic carbocycles. The second-order valence-corrected chi connectivity index (χ2v) is 7.32. The Labute approximate surface area is 148 Å². The molecule has 1 fully saturated rings. The lowest BCUT2D eigenvalue weighted by Crippen LogP contribution is -2.37. The number of aromatic nitrogens is 2. The third kappa shape index (κ3) is 3.52. The van der Waals surface area contributed by atoms with Gasteiger partial charge < -0.3 is 15.5 Å². The molecule has 0 spiro atoms. The zero-order valence-electron chi connectivity index (χ0n) is 13.8. The molecule has 2 aliphatic heterocycles. The van der Waals surface area contributed by atoms with Crippen LogP contribution in [0.15, 0.2) is 36.5 Å². The van der Waals surface area contributed by atoms with Gasteiger partial charge >= 0.3 is 0 Å². The van der Waals surface area contributed by atoms with E-state index in [-0.39, 0.29) is 0 Å². The Balaban J connectivity index is 1.21. The SMILES string of the molecule is Clc1ccc(N2CCC(CNCC3CNc4ccnn4C3)C2)cc1. The molecule has 24 heavy (non-hydrogen) atoms. The first-order valence-electron chi connectivity index (χ1n) is 8.75. The van der Waals surface area contributed by atoms with Crippen LogP contribution in [-0.4, -0.2) is 42.5 Å². The molecule has 0 amide bonds. The number of benzene rings is 1. The second kappa shape index (κ2) is 7.03. The van der Waals surface area contributed by atoms with Gasteiger partial charge in [-0.25, -0.2) is 4.68 Å². The monoisotopic (exact) mass is 345 g/mol. The third-order valence-electron chi connectivity index (χ3n) is 5.06. The first-order chi connectivity index (χ1) is 11.8. The predicted molar refractivity (Wildman–Crippen MR) is 98.8 cm³/mol. The van der Waals surface area contributed by atoms with E-state index in [0.29, 0.717) is 5.92 Å². The number of halogens is 1. The summed E-state index contributed by atoms with van der Waals surface area (Å²) in [4.78, 5) is 2.46. The van der Waals surface area contributed by atoms with Gasteiger partial charge in [0.1, 0.15) is 5.82 Å². The van der Waals surface area contributed by atoms with Crippen molar-refractivity contribution >= 4 is 23.1 Å². The van der Waals surface area contributed by atoms with Crippen LogP contribution in [0.25, 0.3) is 0 Å². The topological polar surface area (TPSA) is 45.1 Å². The molecule has 0 bridgehead atoms. The van der Waals surface area contributed by atoms with Gasteiger partial charge in [-0.1, -0.05) is 11.6 Å². The fourth-order valence-corrected chi connectivity index (χ4v) is 3.83. The molecule has 0 saturated carbocycles. The smallest absolute Gasteiger partial charge is 0.124 e. The van der Waals surface area contributed by atoms with Crippen LogP contribution in [0.3, 0.4) is 0 Å². The Kier molecular flexibility index (Phi) is 4.63. The summed E-state index contributed by atoms with van der Waals surface area (Å²) in [5.41, 5.74) is 1.28. The number of fused-ring (bicyclic) bond motifs is 1. The fraction of sp³-hybridized carbons (Fsp3) is 0.500. The molecule has 128 valence electrons. The number of rotatable bonds is 5. The summed E-state index contributed by atoms with van der Waals surface area (Å²) in [5, 5.41) is 12.3. The minimum Gasteiger partial charge on any atom is -0.371 e. The maximum Gasteiger partial charge on any atom is 0.124 e. The molecule has 2 N–H and O–H groups in total. The van der Waals surface area contributed by atoms with Crippen LogP contribution in [0.4, 0.5) is 11.5 Å². The van der Waals surface area contributed by atoms with Crippen molar-refractivity contribution in [3.63, 3.8) is 0 Å². The minimum absolute atomic E-state index is 0.603. The lowest BCUT2D eigenvalue weighted by Gasteiger charge is -2.25. The lowest BCUT2D eigenvalue weighted by molar-refractivity contribution is 0.379. The minimum atomic E-state index is 0.603. The summed E-state index contributed by atoms with van der Waals surface area (Å²) in [6, 6.07) is 10.2. The molecule has 1 aromatic heterocycles. The van der Waals surface area contributed by atoms with Gasteiger partial charge in [0, 0.05) is 55.4 Å². The Morgan fingerprint density at radius 3 is 2.83 bits per heavy atom. The van der Waals surface area contributed by atoms with Crippen molar-refractivity contribution < 1.29 is 0 Å². The van der Waals surface area contributed by atoms with Crippen molar-refractivity contribution in [1.82, 2.24) is 15.1 Å². The molecule has 2 unspecified atom stereocenters. The summed E-state index contributed by atoms with van der Waals surface area (Å²) in [5.74, 6) is 2.46. The van der Waals surface area contributed by atoms with Gasteiger partial charge in [-0.05, 0) is 43.1 Å². The number of hydrogen-bond donors (Lipinski definition) is 2. The van der Waals surface area contributed by atoms with E-state index in [2.05, 4.69) is 37.4 Å². The van der Waals surface area contributed by atoms with E-state index < -0.39 is 0 Å². The third-order valence-corrected chi connectivity index (χ3v) is 5.32. The van der Waals surface area contributed by atoms with Crippen LogP contribution in [-0.2, 0) is 6.54 Å². The molecule has 2 atom stereocenters. The van der Waals surface area contributed by atoms with E-state index >= 15 is 0 Å². The van der Waals surface area contributed by atoms with E-state index in [0.717, 1.165) is 56.0 Å². The van der Waals surface area contributed by atoms with Gasteiger partial charge in [0.05, 0.1) is 6.20 Å². The summed E-state index contributed by atoms with van der Waals surface area (Å²) in [6.07, 6.45) is 3.11. The van der Waals surface area contributed by atoms with Crippen LogP contribution in [0.1, 0.15) is 6.42 Å². The maximum absolute atomic E-state index is 5.97. The zero-order valence-corrected chi connectivity index (χ0v) is 14.5. The maximum atomic E-state index is 5.97. The number of nitrogens with zero attached hydrogens (tertiary/aromatic N) is 3. The van der Waals surface area contributed by atoms with Crippen molar-refractivity contribution in [3.8, 4) is 0 Å². The summed E-state index contributed by atoms with van der Waals surface area (Å²) < 4.78 is 2.06. The predicted octanol–water partition coefficient (Wildman–Crippen LogP) is 2.69. The Morgan fingerprint density at radius 2 is 1.96 bits per heavy atom. The molecule has 6 heteroatoms. The van der Waals surface area contributed by atoms with Crippen molar-refractivity contribution in [3.05, 3.63) is 41.6 Å². The molecule has 2 aromatic rings. The molecule has 4 rings (SSSR count). The van der Waals surface area contributed by atoms with Crippen molar-refractivity contribution in [2.24, 2.45) is 11.8 Å². The summed E-state index contributed by atoms with van der Waals surface area (Å²) in [6.45, 7) is 6.43. The van der Waals surface area contributed by atoms with E-state index in [1.807, 2.05) is 24.4 Å². The molecule has 2 aliphatic rings. The first-order valence-corrected chi connectivity index (χ1v) is 9.12. The van der Waals surface area contributed by atoms with E-state index in [4.69, 9.17) is 11.6 Å². The van der Waals surface area contributed by atoms with E-state index in [9.17, 15) is 0 Å². The normalized spacial score (nSPS) is 23.1. The lowest BCUT2D eigenvalue weighted by atomic mass is 10.1. The molecular formula is C18H24ClN5. The van der Waals surface area contributed by atoms with Crippen molar-refractivity contribution in [1.29, 1.82) is 0 Å². The number of nitrogens with one attached hydrogen (secondary N) is 2. The molecule has 0 radical (unpaired) electrons. The Bertz CT molecular complexity index is 668. The molecule has 5 nitrogen and oxygen atoms in total. The van der Waals surface area contributed by atoms with Crippen LogP contribution in [0.5, 0.6) is 0 Å². The standard InChI is InChI=1S/C18H24ClN5/c19-16-1-3-17(4-2-16)23-8-6-14(12-23)9-20-10-15-11-21-18-5-7-22-24(18)13-15/h1-5,7,14-15,20-21H,6,8-13H2. The fourth-order valence-electron chi connectivity index (χ4n) is 3.70. The van der Waals surface area contributed by atoms with E-state index in [1.165, 1.54) is 12.1 Å². The summed E-state index contributed by atoms with van der Waals surface area (Å²) >= 11 is 5.97. The zero-order chi connectivity index (χ0) is 16.4. The van der Waals surface area contributed by atoms with E-state index in [1.54, 1.807) is 0 Å². The molecular weight excluding hydrogens is 322 g/mol. The van der Waals surface area contributed by atoms with Gasteiger partial charge in [-0.3, -0.25) is 0 Å². The average Bonchev–Trinajstić information content (AvgIpc) is 3.24. The van der Waals surface area contributed by atoms with Crippen molar-refractivity contribution in [2.75, 3.05) is 42.9 Å². The molecule has 3 heterocycles. The highest BCUT2D eigenvalue weighted by atomic mass is 35.5. The number of anilines is 2. The van der Waals surface area contributed by atoms with Crippen LogP contribution in [0.2, 0.25) is 5.02 Å². The average molecular weight is 346 g/mol. The highest BCUT2D eigenvalue weighted by Gasteiger charge is 2.23. The Morgan fingerprint density at radius 1 is 1.12 bits per heavy atom. The molecule has 1 aromatic carbocycles. The quantitative estimate of drug-likeness (QED) is 0.874. The molecule has 1 saturated heterocycles. The highest BCUT2D eigenvalue weighted by molar-refractivity contribution is 6.30. The van der Waals surface area contributed by atoms with Gasteiger partial charge in [-0.2, -0.15) is 5.10 Å². The first kappa shape index (κ1) is 15.8. The van der Waals surface area contributed by atoms with Gasteiger partial charge in [0.25, 0.3) is 0 Å².